The molecule has 0 saturated heterocycles. The van der Waals surface area contributed by atoms with Gasteiger partial charge in [-0.2, -0.15) is 0 Å². The summed E-state index contributed by atoms with van der Waals surface area (Å²) in [6.07, 6.45) is -0.569. The van der Waals surface area contributed by atoms with E-state index in [0.717, 1.165) is 33.4 Å². The summed E-state index contributed by atoms with van der Waals surface area (Å²) in [6, 6.07) is 0. The van der Waals surface area contributed by atoms with Crippen LogP contribution in [0.15, 0.2) is 12.3 Å². The van der Waals surface area contributed by atoms with Gasteiger partial charge in [0.2, 0.25) is 0 Å². The second-order valence-corrected chi connectivity index (χ2v) is 11.3. The average Bonchev–Trinajstić information content (AvgIpc) is 2.41. The molecule has 0 aromatic carbocycles. The highest BCUT2D eigenvalue weighted by Crippen LogP contribution is 2.26. The minimum atomic E-state index is -3.95. The van der Waals surface area contributed by atoms with Crippen LogP contribution in [0.4, 0.5) is 0 Å². The summed E-state index contributed by atoms with van der Waals surface area (Å²) >= 11 is 0. The van der Waals surface area contributed by atoms with Gasteiger partial charge in [-0.05, 0) is 5.70 Å². The van der Waals surface area contributed by atoms with Crippen molar-refractivity contribution in [2.24, 2.45) is 0 Å². The first-order valence-corrected chi connectivity index (χ1v) is 11.3. The lowest BCUT2D eigenvalue weighted by atomic mass is 10.9. The Morgan fingerprint density at radius 3 is 1.52 bits per heavy atom. The highest BCUT2D eigenvalue weighted by atomic mass is 28.4. The van der Waals surface area contributed by atoms with Gasteiger partial charge in [0.25, 0.3) is 30.3 Å². The molecule has 0 amide bonds. The first-order valence-electron chi connectivity index (χ1n) is 6.97. The van der Waals surface area contributed by atoms with Crippen molar-refractivity contribution in [2.45, 2.75) is 33.4 Å². The van der Waals surface area contributed by atoms with Crippen LogP contribution < -0.4 is 0 Å². The molecule has 25 heavy (non-hydrogen) atoms. The molecule has 0 bridgehead atoms. The third-order valence-electron chi connectivity index (χ3n) is 2.49. The van der Waals surface area contributed by atoms with E-state index >= 15 is 0 Å². The van der Waals surface area contributed by atoms with Crippen molar-refractivity contribution in [3.05, 3.63) is 12.3 Å². The minimum Gasteiger partial charge on any atom is -0.483 e. The van der Waals surface area contributed by atoms with E-state index in [4.69, 9.17) is 17.7 Å². The van der Waals surface area contributed by atoms with Crippen LogP contribution in [-0.4, -0.2) is 53.7 Å². The molecule has 0 unspecified atom stereocenters. The van der Waals surface area contributed by atoms with Crippen molar-refractivity contribution >= 4 is 47.5 Å². The molecule has 0 aromatic rings. The van der Waals surface area contributed by atoms with Gasteiger partial charge >= 0.3 is 17.1 Å². The highest BCUT2D eigenvalue weighted by molar-refractivity contribution is 6.90. The predicted molar refractivity (Wildman–Crippen MR) is 85.6 cm³/mol. The van der Waals surface area contributed by atoms with Crippen LogP contribution >= 0.6 is 0 Å². The molecule has 0 heterocycles. The van der Waals surface area contributed by atoms with Crippen LogP contribution in [0.2, 0.25) is 5.67 Å². The molecular formula is C13H20O10Si2. The van der Waals surface area contributed by atoms with Crippen molar-refractivity contribution in [2.75, 3.05) is 6.23 Å². The van der Waals surface area contributed by atoms with Crippen molar-refractivity contribution < 1.29 is 46.4 Å². The number of carbonyl (C=O) groups is 5. The Balaban J connectivity index is 6.04. The van der Waals surface area contributed by atoms with Gasteiger partial charge in [-0.25, -0.2) is 0 Å². The van der Waals surface area contributed by atoms with Crippen LogP contribution in [0.3, 0.4) is 0 Å². The first-order chi connectivity index (χ1) is 11.5. The number of hydrogen-bond acceptors (Lipinski definition) is 10. The maximum Gasteiger partial charge on any atom is 0.508 e. The fraction of sp³-hybridized carbons (Fsp3) is 0.462. The fourth-order valence-corrected chi connectivity index (χ4v) is 9.85. The van der Waals surface area contributed by atoms with Crippen LogP contribution in [0.1, 0.15) is 27.7 Å². The van der Waals surface area contributed by atoms with Gasteiger partial charge in [0.15, 0.2) is 6.23 Å². The fourth-order valence-electron chi connectivity index (χ4n) is 2.00. The quantitative estimate of drug-likeness (QED) is 0.372. The zero-order valence-electron chi connectivity index (χ0n) is 14.4. The molecule has 140 valence electrons. The summed E-state index contributed by atoms with van der Waals surface area (Å²) in [4.78, 5) is 56.4. The summed E-state index contributed by atoms with van der Waals surface area (Å²) in [5.41, 5.74) is 0.682. The number of hydrogen-bond donors (Lipinski definition) is 0. The molecule has 0 N–H and O–H groups in total. The standard InChI is InChI=1S/C13H20O10Si2/c1-6-24(20-10(2)15,21-11(3)16)9-25(8-19-7-14,22-12(4)17)23-13(5)18/h6-7H,1,8-9H2,2-5H3. The summed E-state index contributed by atoms with van der Waals surface area (Å²) in [7, 11) is -7.79. The SMILES string of the molecule is C=C[Si](C[Si](COC=O)(OC(C)=O)OC(C)=O)(OC(C)=O)OC(C)=O. The van der Waals surface area contributed by atoms with E-state index in [9.17, 15) is 24.0 Å². The van der Waals surface area contributed by atoms with E-state index in [2.05, 4.69) is 11.3 Å². The Bertz CT molecular complexity index is 527. The number of carbonyl (C=O) groups excluding carboxylic acids is 5. The van der Waals surface area contributed by atoms with E-state index < -0.39 is 52.9 Å². The number of ether oxygens (including phenoxy) is 1. The summed E-state index contributed by atoms with van der Waals surface area (Å²) in [6.45, 7) is 7.85. The van der Waals surface area contributed by atoms with Crippen LogP contribution in [0.5, 0.6) is 0 Å². The zero-order valence-corrected chi connectivity index (χ0v) is 16.4. The van der Waals surface area contributed by atoms with Gasteiger partial charge < -0.3 is 22.4 Å². The van der Waals surface area contributed by atoms with Gasteiger partial charge in [0.05, 0.1) is 5.67 Å². The van der Waals surface area contributed by atoms with Gasteiger partial charge in [-0.1, -0.05) is 0 Å². The Morgan fingerprint density at radius 2 is 1.24 bits per heavy atom. The maximum atomic E-state index is 11.5. The van der Waals surface area contributed by atoms with Crippen molar-refractivity contribution in [3.63, 3.8) is 0 Å². The molecule has 0 aliphatic heterocycles. The van der Waals surface area contributed by atoms with Crippen molar-refractivity contribution in [1.82, 2.24) is 0 Å². The third kappa shape index (κ3) is 8.26. The molecule has 0 fully saturated rings. The van der Waals surface area contributed by atoms with Crippen molar-refractivity contribution in [1.29, 1.82) is 0 Å². The molecule has 0 radical (unpaired) electrons. The summed E-state index contributed by atoms with van der Waals surface area (Å²) in [5.74, 6) is -3.20. The normalized spacial score (nSPS) is 10.9. The van der Waals surface area contributed by atoms with E-state index in [-0.39, 0.29) is 6.47 Å². The van der Waals surface area contributed by atoms with E-state index in [1.165, 1.54) is 0 Å². The molecule has 12 heteroatoms. The topological polar surface area (TPSA) is 132 Å². The Kier molecular flexibility index (Phi) is 8.77. The Morgan fingerprint density at radius 1 is 0.840 bits per heavy atom. The second-order valence-electron chi connectivity index (χ2n) is 4.89. The average molecular weight is 392 g/mol. The molecule has 0 aliphatic rings. The number of rotatable bonds is 10. The Hall–Kier alpha value is -2.48. The van der Waals surface area contributed by atoms with Gasteiger partial charge in [-0.15, -0.1) is 6.58 Å². The predicted octanol–water partition coefficient (Wildman–Crippen LogP) is 0.0998. The molecule has 0 saturated carbocycles. The molecule has 0 aromatic heterocycles. The minimum absolute atomic E-state index is 0.0730. The molecule has 0 aliphatic carbocycles. The summed E-state index contributed by atoms with van der Waals surface area (Å²) in [5, 5.41) is 0. The largest absolute Gasteiger partial charge is 0.508 e. The molecule has 0 spiro atoms. The van der Waals surface area contributed by atoms with E-state index in [0.29, 0.717) is 0 Å². The van der Waals surface area contributed by atoms with Gasteiger partial charge in [-0.3, -0.25) is 24.0 Å². The highest BCUT2D eigenvalue weighted by Gasteiger charge is 2.58. The lowest BCUT2D eigenvalue weighted by Crippen LogP contribution is -2.59. The monoisotopic (exact) mass is 392 g/mol. The Labute approximate surface area is 146 Å². The molecule has 0 atom stereocenters. The smallest absolute Gasteiger partial charge is 0.483 e. The zero-order chi connectivity index (χ0) is 19.7. The van der Waals surface area contributed by atoms with Crippen molar-refractivity contribution in [3.8, 4) is 0 Å². The van der Waals surface area contributed by atoms with Crippen LogP contribution in [-0.2, 0) is 46.4 Å². The summed E-state index contributed by atoms with van der Waals surface area (Å²) < 4.78 is 25.2. The second kappa shape index (κ2) is 9.73. The lowest BCUT2D eigenvalue weighted by molar-refractivity contribution is -0.141. The molecular weight excluding hydrogens is 372 g/mol. The maximum absolute atomic E-state index is 11.5. The molecule has 10 nitrogen and oxygen atoms in total. The van der Waals surface area contributed by atoms with Gasteiger partial charge in [0, 0.05) is 27.7 Å². The van der Waals surface area contributed by atoms with Crippen LogP contribution in [0, 0.1) is 0 Å². The van der Waals surface area contributed by atoms with Crippen LogP contribution in [0.25, 0.3) is 0 Å². The van der Waals surface area contributed by atoms with E-state index in [1.807, 2.05) is 0 Å². The van der Waals surface area contributed by atoms with Gasteiger partial charge in [0.1, 0.15) is 0 Å². The molecule has 0 rings (SSSR count). The van der Waals surface area contributed by atoms with E-state index in [1.54, 1.807) is 0 Å². The third-order valence-corrected chi connectivity index (χ3v) is 10.4. The first kappa shape index (κ1) is 22.5. The lowest BCUT2D eigenvalue weighted by Gasteiger charge is -2.33.